The molecule has 1 heterocycles. The van der Waals surface area contributed by atoms with Crippen molar-refractivity contribution in [2.75, 3.05) is 5.32 Å². The molecule has 0 fully saturated rings. The molecule has 19 heavy (non-hydrogen) atoms. The van der Waals surface area contributed by atoms with E-state index in [-0.39, 0.29) is 0 Å². The summed E-state index contributed by atoms with van der Waals surface area (Å²) in [6.07, 6.45) is 1.73. The van der Waals surface area contributed by atoms with Gasteiger partial charge in [-0.05, 0) is 59.3 Å². The Labute approximate surface area is 129 Å². The van der Waals surface area contributed by atoms with E-state index in [2.05, 4.69) is 31.8 Å². The van der Waals surface area contributed by atoms with Crippen LogP contribution in [0.15, 0.2) is 45.3 Å². The highest BCUT2D eigenvalue weighted by Crippen LogP contribution is 2.20. The van der Waals surface area contributed by atoms with Gasteiger partial charge in [0.05, 0.1) is 10.0 Å². The van der Waals surface area contributed by atoms with Crippen molar-refractivity contribution in [3.8, 4) is 0 Å². The van der Waals surface area contributed by atoms with Crippen molar-refractivity contribution in [3.63, 3.8) is 0 Å². The summed E-state index contributed by atoms with van der Waals surface area (Å²) in [5.74, 6) is 0. The molecule has 0 atom stereocenters. The zero-order valence-corrected chi connectivity index (χ0v) is 13.4. The quantitative estimate of drug-likeness (QED) is 0.494. The number of rotatable bonds is 3. The second-order valence-electron chi connectivity index (χ2n) is 3.83. The van der Waals surface area contributed by atoms with Crippen molar-refractivity contribution in [3.05, 3.63) is 50.6 Å². The third-order valence-electron chi connectivity index (χ3n) is 2.26. The number of hydrogen-bond donors (Lipinski definition) is 2. The van der Waals surface area contributed by atoms with E-state index in [1.807, 2.05) is 43.3 Å². The molecular weight excluding hydrogens is 342 g/mol. The minimum atomic E-state index is 0.468. The Morgan fingerprint density at radius 3 is 2.63 bits per heavy atom. The molecule has 3 nitrogen and oxygen atoms in total. The maximum Gasteiger partial charge on any atom is 0.191 e. The van der Waals surface area contributed by atoms with Crippen molar-refractivity contribution in [2.24, 2.45) is 5.10 Å². The topological polar surface area (TPSA) is 36.4 Å². The predicted molar refractivity (Wildman–Crippen MR) is 90.1 cm³/mol. The molecule has 0 saturated carbocycles. The van der Waals surface area contributed by atoms with Crippen molar-refractivity contribution in [1.82, 2.24) is 5.43 Å². The summed E-state index contributed by atoms with van der Waals surface area (Å²) in [6, 6.07) is 12.0. The number of anilines is 1. The van der Waals surface area contributed by atoms with E-state index in [4.69, 9.17) is 12.2 Å². The second-order valence-corrected chi connectivity index (χ2v) is 6.73. The fraction of sp³-hybridized carbons (Fsp3) is 0.0769. The van der Waals surface area contributed by atoms with Gasteiger partial charge in [-0.1, -0.05) is 17.7 Å². The van der Waals surface area contributed by atoms with E-state index in [1.54, 1.807) is 17.6 Å². The normalized spacial score (nSPS) is 10.6. The van der Waals surface area contributed by atoms with Gasteiger partial charge in [-0.3, -0.25) is 5.43 Å². The van der Waals surface area contributed by atoms with Crippen LogP contribution in [0.2, 0.25) is 0 Å². The van der Waals surface area contributed by atoms with Crippen LogP contribution in [-0.2, 0) is 0 Å². The first-order valence-electron chi connectivity index (χ1n) is 5.55. The molecule has 2 N–H and O–H groups in total. The molecule has 0 unspecified atom stereocenters. The smallest absolute Gasteiger partial charge is 0.191 e. The van der Waals surface area contributed by atoms with Gasteiger partial charge in [0.25, 0.3) is 0 Å². The van der Waals surface area contributed by atoms with Crippen molar-refractivity contribution < 1.29 is 0 Å². The average molecular weight is 354 g/mol. The molecule has 0 amide bonds. The number of halogens is 1. The largest absolute Gasteiger partial charge is 0.331 e. The maximum absolute atomic E-state index is 5.15. The van der Waals surface area contributed by atoms with Gasteiger partial charge >= 0.3 is 0 Å². The highest BCUT2D eigenvalue weighted by atomic mass is 79.9. The second kappa shape index (κ2) is 6.79. The number of thiocarbonyl (C=S) groups is 1. The van der Waals surface area contributed by atoms with Gasteiger partial charge in [0, 0.05) is 10.6 Å². The molecule has 1 aromatic heterocycles. The summed E-state index contributed by atoms with van der Waals surface area (Å²) >= 11 is 10.2. The van der Waals surface area contributed by atoms with Crippen LogP contribution < -0.4 is 10.7 Å². The van der Waals surface area contributed by atoms with Crippen LogP contribution in [0, 0.1) is 6.92 Å². The van der Waals surface area contributed by atoms with Gasteiger partial charge in [-0.25, -0.2) is 0 Å². The molecular formula is C13H12BrN3S2. The molecule has 98 valence electrons. The molecule has 2 rings (SSSR count). The molecule has 0 spiro atoms. The lowest BCUT2D eigenvalue weighted by Crippen LogP contribution is -2.23. The molecule has 0 aliphatic rings. The summed E-state index contributed by atoms with van der Waals surface area (Å²) in [4.78, 5) is 1.05. The van der Waals surface area contributed by atoms with E-state index < -0.39 is 0 Å². The molecule has 6 heteroatoms. The average Bonchev–Trinajstić information content (AvgIpc) is 2.78. The summed E-state index contributed by atoms with van der Waals surface area (Å²) in [5, 5.41) is 7.61. The number of nitrogens with zero attached hydrogens (tertiary/aromatic N) is 1. The lowest BCUT2D eigenvalue weighted by Gasteiger charge is -2.06. The van der Waals surface area contributed by atoms with Crippen LogP contribution in [0.5, 0.6) is 0 Å². The lowest BCUT2D eigenvalue weighted by atomic mass is 10.2. The number of hydrogen-bond acceptors (Lipinski definition) is 3. The SMILES string of the molecule is Cc1ccc(NC(=S)N/N=C\c2ccc(Br)s2)cc1. The molecule has 2 aromatic rings. The van der Waals surface area contributed by atoms with E-state index in [0.29, 0.717) is 5.11 Å². The number of thiophene rings is 1. The third-order valence-corrected chi connectivity index (χ3v) is 4.01. The van der Waals surface area contributed by atoms with Gasteiger partial charge in [-0.15, -0.1) is 11.3 Å². The first-order chi connectivity index (χ1) is 9.13. The van der Waals surface area contributed by atoms with E-state index >= 15 is 0 Å². The molecule has 0 saturated heterocycles. The number of benzene rings is 1. The van der Waals surface area contributed by atoms with Crippen LogP contribution in [0.1, 0.15) is 10.4 Å². The number of aryl methyl sites for hydroxylation is 1. The highest BCUT2D eigenvalue weighted by Gasteiger charge is 1.96. The molecule has 0 radical (unpaired) electrons. The first kappa shape index (κ1) is 14.2. The summed E-state index contributed by atoms with van der Waals surface area (Å²) in [5.41, 5.74) is 4.94. The number of hydrazone groups is 1. The maximum atomic E-state index is 5.15. The summed E-state index contributed by atoms with van der Waals surface area (Å²) in [7, 11) is 0. The van der Waals surface area contributed by atoms with Gasteiger partial charge in [0.1, 0.15) is 0 Å². The molecule has 0 aliphatic carbocycles. The molecule has 1 aromatic carbocycles. The van der Waals surface area contributed by atoms with Gasteiger partial charge in [0.2, 0.25) is 0 Å². The zero-order valence-electron chi connectivity index (χ0n) is 10.2. The Hall–Kier alpha value is -1.24. The minimum absolute atomic E-state index is 0.468. The highest BCUT2D eigenvalue weighted by molar-refractivity contribution is 9.11. The predicted octanol–water partition coefficient (Wildman–Crippen LogP) is 4.14. The Kier molecular flexibility index (Phi) is 5.07. The molecule has 0 aliphatic heterocycles. The Morgan fingerprint density at radius 1 is 1.26 bits per heavy atom. The standard InChI is InChI=1S/C13H12BrN3S2/c1-9-2-4-10(5-3-9)16-13(18)17-15-8-11-6-7-12(14)19-11/h2-8H,1H3,(H2,16,17,18)/b15-8-. The number of nitrogens with one attached hydrogen (secondary N) is 2. The zero-order chi connectivity index (χ0) is 13.7. The fourth-order valence-corrected chi connectivity index (χ4v) is 2.81. The Morgan fingerprint density at radius 2 is 2.00 bits per heavy atom. The molecule has 0 bridgehead atoms. The van der Waals surface area contributed by atoms with E-state index in [9.17, 15) is 0 Å². The minimum Gasteiger partial charge on any atom is -0.331 e. The van der Waals surface area contributed by atoms with E-state index in [0.717, 1.165) is 14.4 Å². The summed E-state index contributed by atoms with van der Waals surface area (Å²) < 4.78 is 1.08. The van der Waals surface area contributed by atoms with Gasteiger partial charge in [-0.2, -0.15) is 5.10 Å². The van der Waals surface area contributed by atoms with Crippen LogP contribution in [-0.4, -0.2) is 11.3 Å². The van der Waals surface area contributed by atoms with Crippen LogP contribution >= 0.6 is 39.5 Å². The fourth-order valence-electron chi connectivity index (χ4n) is 1.35. The van der Waals surface area contributed by atoms with Crippen LogP contribution in [0.3, 0.4) is 0 Å². The lowest BCUT2D eigenvalue weighted by molar-refractivity contribution is 1.05. The monoisotopic (exact) mass is 353 g/mol. The third kappa shape index (κ3) is 4.74. The van der Waals surface area contributed by atoms with Gasteiger partial charge < -0.3 is 5.32 Å². The summed E-state index contributed by atoms with van der Waals surface area (Å²) in [6.45, 7) is 2.05. The van der Waals surface area contributed by atoms with Crippen LogP contribution in [0.25, 0.3) is 0 Å². The Balaban J connectivity index is 1.84. The first-order valence-corrected chi connectivity index (χ1v) is 7.57. The van der Waals surface area contributed by atoms with Gasteiger partial charge in [0.15, 0.2) is 5.11 Å². The van der Waals surface area contributed by atoms with E-state index in [1.165, 1.54) is 5.56 Å². The van der Waals surface area contributed by atoms with Crippen molar-refractivity contribution in [1.29, 1.82) is 0 Å². The van der Waals surface area contributed by atoms with Crippen molar-refractivity contribution >= 4 is 56.5 Å². The Bertz CT molecular complexity index is 590. The van der Waals surface area contributed by atoms with Crippen LogP contribution in [0.4, 0.5) is 5.69 Å². The van der Waals surface area contributed by atoms with Crippen molar-refractivity contribution in [2.45, 2.75) is 6.92 Å².